The van der Waals surface area contributed by atoms with E-state index in [0.29, 0.717) is 21.6 Å². The number of hydrogen-bond acceptors (Lipinski definition) is 12. The second-order valence-electron chi connectivity index (χ2n) is 6.89. The quantitative estimate of drug-likeness (QED) is 0.203. The van der Waals surface area contributed by atoms with Gasteiger partial charge in [0, 0.05) is 34.7 Å². The number of alkyl carbamates (subject to hydrolysis) is 2. The second-order valence-corrected chi connectivity index (χ2v) is 14.9. The molecular weight excluding hydrogens is 564 g/mol. The Kier molecular flexibility index (Phi) is 13.1. The van der Waals surface area contributed by atoms with Crippen molar-refractivity contribution >= 4 is 51.5 Å². The maximum absolute atomic E-state index is 11.9. The molecule has 0 aliphatic carbocycles. The Balaban J connectivity index is 4.96. The van der Waals surface area contributed by atoms with Crippen LogP contribution in [0.25, 0.3) is 0 Å². The van der Waals surface area contributed by atoms with Gasteiger partial charge in [-0.25, -0.2) is 43.3 Å². The van der Waals surface area contributed by atoms with Gasteiger partial charge in [-0.05, 0) is 0 Å². The number of hydrogen-bond donors (Lipinski definition) is 2. The Morgan fingerprint density at radius 1 is 0.556 bits per heavy atom. The molecule has 0 saturated carbocycles. The van der Waals surface area contributed by atoms with E-state index in [0.717, 1.165) is 0 Å². The van der Waals surface area contributed by atoms with Crippen LogP contribution >= 0.6 is 0 Å². The minimum Gasteiger partial charge on any atom is -0.444 e. The molecule has 0 aliphatic heterocycles. The zero-order valence-corrected chi connectivity index (χ0v) is 22.3. The summed E-state index contributed by atoms with van der Waals surface area (Å²) in [5.74, 6) is -3.43. The molecule has 0 rings (SSSR count). The van der Waals surface area contributed by atoms with Gasteiger partial charge in [0.1, 0.15) is 12.2 Å². The molecule has 0 fully saturated rings. The molecule has 0 aromatic carbocycles. The lowest BCUT2D eigenvalue weighted by Crippen LogP contribution is -2.41. The molecule has 0 saturated heterocycles. The zero-order valence-electron chi connectivity index (χ0n) is 19.1. The fraction of sp³-hybridized carbons (Fsp3) is 0.444. The van der Waals surface area contributed by atoms with Gasteiger partial charge < -0.3 is 20.1 Å². The number of ether oxygens (including phenoxy) is 2. The monoisotopic (exact) mass is 592 g/mol. The largest absolute Gasteiger partial charge is 0.444 e. The third-order valence-electron chi connectivity index (χ3n) is 3.90. The second kappa shape index (κ2) is 14.1. The van der Waals surface area contributed by atoms with Crippen LogP contribution < -0.4 is 10.6 Å². The zero-order chi connectivity index (χ0) is 28.2. The number of sulfone groups is 4. The highest BCUT2D eigenvalue weighted by molar-refractivity contribution is 7.95. The molecular formula is C18H28N2O12S4. The van der Waals surface area contributed by atoms with Crippen molar-refractivity contribution in [1.29, 1.82) is 0 Å². The molecule has 0 heterocycles. The number of carbonyl (C=O) groups excluding carboxylic acids is 2. The SMILES string of the molecule is C=CS(=O)(=O)CC(CS(=O)(=O)C=C)OC(=O)NCCNC(=O)OC(CS(=O)(=O)C=C)CS(=O)(=O)C=C. The Morgan fingerprint density at radius 2 is 0.778 bits per heavy atom. The summed E-state index contributed by atoms with van der Waals surface area (Å²) in [6.07, 6.45) is -5.59. The van der Waals surface area contributed by atoms with Gasteiger partial charge in [-0.1, -0.05) is 26.3 Å². The molecule has 0 atom stereocenters. The normalized spacial score (nSPS) is 12.4. The van der Waals surface area contributed by atoms with Crippen LogP contribution in [0.4, 0.5) is 9.59 Å². The number of nitrogens with one attached hydrogen (secondary N) is 2. The standard InChI is InChI=1S/C18H28N2O12S4/c1-5-33(23,24)11-15(12-34(25,26)6-2)31-17(21)19-9-10-20-18(22)32-16(13-35(27,28)7-3)14-36(29,30)8-4/h5-8,15-16H,1-4,9-14H2,(H,19,21)(H,20,22). The van der Waals surface area contributed by atoms with Crippen LogP contribution in [0.2, 0.25) is 0 Å². The first-order chi connectivity index (χ1) is 16.4. The van der Waals surface area contributed by atoms with Gasteiger partial charge in [0.2, 0.25) is 0 Å². The molecule has 0 aromatic rings. The van der Waals surface area contributed by atoms with Crippen molar-refractivity contribution in [2.75, 3.05) is 36.1 Å². The Labute approximate surface area is 210 Å². The van der Waals surface area contributed by atoms with Crippen molar-refractivity contribution in [3.63, 3.8) is 0 Å². The molecule has 0 spiro atoms. The Hall–Kier alpha value is -2.70. The summed E-state index contributed by atoms with van der Waals surface area (Å²) in [6, 6.07) is 0. The van der Waals surface area contributed by atoms with Crippen molar-refractivity contribution in [2.45, 2.75) is 12.2 Å². The van der Waals surface area contributed by atoms with Gasteiger partial charge in [-0.2, -0.15) is 0 Å². The van der Waals surface area contributed by atoms with Crippen LogP contribution in [-0.2, 0) is 48.8 Å². The van der Waals surface area contributed by atoms with E-state index in [4.69, 9.17) is 9.47 Å². The summed E-state index contributed by atoms with van der Waals surface area (Å²) in [5, 5.41) is 6.56. The maximum atomic E-state index is 11.9. The van der Waals surface area contributed by atoms with Gasteiger partial charge in [0.25, 0.3) is 0 Å². The van der Waals surface area contributed by atoms with E-state index in [2.05, 4.69) is 36.9 Å². The summed E-state index contributed by atoms with van der Waals surface area (Å²) >= 11 is 0. The third kappa shape index (κ3) is 14.6. The van der Waals surface area contributed by atoms with E-state index >= 15 is 0 Å². The van der Waals surface area contributed by atoms with E-state index in [1.807, 2.05) is 0 Å². The van der Waals surface area contributed by atoms with Crippen LogP contribution in [0.5, 0.6) is 0 Å². The summed E-state index contributed by atoms with van der Waals surface area (Å²) in [4.78, 5) is 23.9. The maximum Gasteiger partial charge on any atom is 0.407 e. The van der Waals surface area contributed by atoms with Gasteiger partial charge in [-0.3, -0.25) is 0 Å². The first kappa shape index (κ1) is 33.3. The Morgan fingerprint density at radius 3 is 0.972 bits per heavy atom. The van der Waals surface area contributed by atoms with Crippen molar-refractivity contribution in [1.82, 2.24) is 10.6 Å². The van der Waals surface area contributed by atoms with E-state index in [1.165, 1.54) is 0 Å². The van der Waals surface area contributed by atoms with E-state index < -0.39 is 86.8 Å². The van der Waals surface area contributed by atoms with Crippen molar-refractivity contribution < 1.29 is 52.7 Å². The molecule has 0 radical (unpaired) electrons. The average molecular weight is 593 g/mol. The topological polar surface area (TPSA) is 213 Å². The molecule has 0 aromatic heterocycles. The molecule has 2 amide bonds. The van der Waals surface area contributed by atoms with Gasteiger partial charge in [0.05, 0.1) is 23.0 Å². The first-order valence-corrected chi connectivity index (χ1v) is 16.6. The number of carbonyl (C=O) groups is 2. The Bertz CT molecular complexity index is 1090. The van der Waals surface area contributed by atoms with E-state index in [9.17, 15) is 43.3 Å². The lowest BCUT2D eigenvalue weighted by Gasteiger charge is -2.18. The summed E-state index contributed by atoms with van der Waals surface area (Å²) in [5.41, 5.74) is 0. The lowest BCUT2D eigenvalue weighted by atomic mass is 10.5. The minimum atomic E-state index is -3.93. The highest BCUT2D eigenvalue weighted by Crippen LogP contribution is 2.07. The van der Waals surface area contributed by atoms with E-state index in [-0.39, 0.29) is 13.1 Å². The van der Waals surface area contributed by atoms with E-state index in [1.54, 1.807) is 0 Å². The lowest BCUT2D eigenvalue weighted by molar-refractivity contribution is 0.113. The van der Waals surface area contributed by atoms with Gasteiger partial charge in [-0.15, -0.1) is 0 Å². The van der Waals surface area contributed by atoms with Crippen LogP contribution in [-0.4, -0.2) is 94.2 Å². The van der Waals surface area contributed by atoms with Crippen LogP contribution in [0.15, 0.2) is 47.9 Å². The smallest absolute Gasteiger partial charge is 0.407 e. The predicted molar refractivity (Wildman–Crippen MR) is 132 cm³/mol. The van der Waals surface area contributed by atoms with Crippen LogP contribution in [0.1, 0.15) is 0 Å². The van der Waals surface area contributed by atoms with Crippen molar-refractivity contribution in [2.24, 2.45) is 0 Å². The highest BCUT2D eigenvalue weighted by atomic mass is 32.2. The first-order valence-electron chi connectivity index (χ1n) is 9.69. The molecule has 36 heavy (non-hydrogen) atoms. The fourth-order valence-corrected chi connectivity index (χ4v) is 5.92. The molecule has 2 N–H and O–H groups in total. The summed E-state index contributed by atoms with van der Waals surface area (Å²) in [7, 11) is -15.7. The molecule has 0 aliphatic rings. The van der Waals surface area contributed by atoms with Gasteiger partial charge >= 0.3 is 12.2 Å². The summed E-state index contributed by atoms with van der Waals surface area (Å²) in [6.45, 7) is 11.7. The third-order valence-corrected chi connectivity index (χ3v) is 9.28. The van der Waals surface area contributed by atoms with Gasteiger partial charge in [0.15, 0.2) is 39.3 Å². The van der Waals surface area contributed by atoms with Crippen LogP contribution in [0, 0.1) is 0 Å². The number of rotatable bonds is 17. The fourth-order valence-electron chi connectivity index (χ4n) is 2.26. The van der Waals surface area contributed by atoms with Crippen LogP contribution in [0.3, 0.4) is 0 Å². The predicted octanol–water partition coefficient (Wildman–Crippen LogP) is -0.591. The number of amides is 2. The average Bonchev–Trinajstić information content (AvgIpc) is 2.75. The molecule has 14 nitrogen and oxygen atoms in total. The molecule has 0 bridgehead atoms. The minimum absolute atomic E-state index is 0.316. The summed E-state index contributed by atoms with van der Waals surface area (Å²) < 4.78 is 103. The molecule has 0 unspecified atom stereocenters. The van der Waals surface area contributed by atoms with Crippen molar-refractivity contribution in [3.05, 3.63) is 47.9 Å². The molecule has 18 heteroatoms. The molecule has 206 valence electrons. The van der Waals surface area contributed by atoms with Crippen molar-refractivity contribution in [3.8, 4) is 0 Å². The highest BCUT2D eigenvalue weighted by Gasteiger charge is 2.27.